The zero-order chi connectivity index (χ0) is 70.1. The maximum Gasteiger partial charge on any atom is 0.472 e. The summed E-state index contributed by atoms with van der Waals surface area (Å²) in [4.78, 5) is 72.7. The van der Waals surface area contributed by atoms with E-state index in [9.17, 15) is 43.2 Å². The molecular weight excluding hydrogens is 1250 g/mol. The molecule has 0 radical (unpaired) electrons. The van der Waals surface area contributed by atoms with Crippen LogP contribution in [0.1, 0.15) is 389 Å². The first-order chi connectivity index (χ1) is 45.7. The summed E-state index contributed by atoms with van der Waals surface area (Å²) in [6, 6.07) is 0. The molecule has 0 amide bonds. The molecule has 0 aromatic rings. The molecule has 0 bridgehead atoms. The number of esters is 4. The highest BCUT2D eigenvalue weighted by Crippen LogP contribution is 2.45. The Morgan fingerprint density at radius 1 is 0.284 bits per heavy atom. The van der Waals surface area contributed by atoms with E-state index in [-0.39, 0.29) is 25.7 Å². The number of rotatable bonds is 74. The van der Waals surface area contributed by atoms with Crippen molar-refractivity contribution in [1.29, 1.82) is 0 Å². The number of aliphatic hydroxyl groups excluding tert-OH is 1. The topological polar surface area (TPSA) is 237 Å². The van der Waals surface area contributed by atoms with Gasteiger partial charge in [0.2, 0.25) is 0 Å². The van der Waals surface area contributed by atoms with Gasteiger partial charge in [-0.3, -0.25) is 37.3 Å². The van der Waals surface area contributed by atoms with E-state index in [2.05, 4.69) is 48.5 Å². The van der Waals surface area contributed by atoms with E-state index < -0.39 is 97.5 Å². The van der Waals surface area contributed by atoms with Crippen LogP contribution in [0.5, 0.6) is 0 Å². The second-order valence-electron chi connectivity index (χ2n) is 28.8. The summed E-state index contributed by atoms with van der Waals surface area (Å²) >= 11 is 0. The maximum absolute atomic E-state index is 13.1. The van der Waals surface area contributed by atoms with E-state index >= 15 is 0 Å². The number of hydrogen-bond donors (Lipinski definition) is 3. The quantitative estimate of drug-likeness (QED) is 0.0222. The van der Waals surface area contributed by atoms with Crippen LogP contribution in [0.4, 0.5) is 0 Å². The molecule has 0 aliphatic carbocycles. The van der Waals surface area contributed by atoms with Gasteiger partial charge in [0.1, 0.15) is 19.3 Å². The van der Waals surface area contributed by atoms with Gasteiger partial charge in [0.25, 0.3) is 0 Å². The third-order valence-electron chi connectivity index (χ3n) is 17.6. The molecule has 0 aromatic carbocycles. The molecule has 564 valence electrons. The standard InChI is InChI=1S/C76H148O17P2/c1-8-9-10-11-12-36-43-50-57-73(78)86-63-71(92-76(81)60-53-46-39-32-26-24-29-35-42-49-56-69(6)7)65-90-94(82,83)88-61-70(77)62-89-95(84,85)91-66-72(64-87-74(79)58-51-44-37-30-25-23-28-34-41-48-55-68(4)5)93-75(80)59-52-45-38-31-22-20-18-16-14-13-15-17-19-21-27-33-40-47-54-67(2)3/h67-72,77H,8-66H2,1-7H3,(H,82,83)(H,84,85)/t70-,71+,72+/m0/s1. The minimum Gasteiger partial charge on any atom is -0.462 e. The molecule has 0 saturated carbocycles. The highest BCUT2D eigenvalue weighted by Gasteiger charge is 2.30. The summed E-state index contributed by atoms with van der Waals surface area (Å²) in [5.74, 6) is 0.210. The van der Waals surface area contributed by atoms with Crippen LogP contribution < -0.4 is 0 Å². The zero-order valence-corrected chi connectivity index (χ0v) is 63.9. The van der Waals surface area contributed by atoms with Crippen molar-refractivity contribution >= 4 is 39.5 Å². The van der Waals surface area contributed by atoms with Gasteiger partial charge in [-0.15, -0.1) is 0 Å². The SMILES string of the molecule is CCCCCCCCCCC(=O)OC[C@H](COP(=O)(O)OC[C@H](O)COP(=O)(O)OC[C@@H](COC(=O)CCCCCCCCCCCCC(C)C)OC(=O)CCCCCCCCCCCCCCCCCCCCC(C)C)OC(=O)CCCCCCCCCCCCC(C)C. The number of unbranched alkanes of at least 4 members (excludes halogenated alkanes) is 42. The molecule has 3 N–H and O–H groups in total. The average molecular weight is 1400 g/mol. The molecule has 17 nitrogen and oxygen atoms in total. The highest BCUT2D eigenvalue weighted by atomic mass is 31.2. The number of carbonyl (C=O) groups is 4. The van der Waals surface area contributed by atoms with Crippen LogP contribution in [0.25, 0.3) is 0 Å². The van der Waals surface area contributed by atoms with Crippen LogP contribution in [0.15, 0.2) is 0 Å². The van der Waals surface area contributed by atoms with Gasteiger partial charge >= 0.3 is 39.5 Å². The van der Waals surface area contributed by atoms with Crippen molar-refractivity contribution in [2.45, 2.75) is 407 Å². The first kappa shape index (κ1) is 93.1. The van der Waals surface area contributed by atoms with Crippen molar-refractivity contribution in [2.75, 3.05) is 39.6 Å². The van der Waals surface area contributed by atoms with Crippen molar-refractivity contribution in [2.24, 2.45) is 17.8 Å². The van der Waals surface area contributed by atoms with Gasteiger partial charge < -0.3 is 33.8 Å². The molecule has 0 aliphatic heterocycles. The predicted molar refractivity (Wildman–Crippen MR) is 386 cm³/mol. The van der Waals surface area contributed by atoms with Crippen LogP contribution in [-0.4, -0.2) is 96.7 Å². The Balaban J connectivity index is 5.18. The lowest BCUT2D eigenvalue weighted by atomic mass is 10.0. The van der Waals surface area contributed by atoms with Crippen molar-refractivity contribution in [3.63, 3.8) is 0 Å². The number of aliphatic hydroxyl groups is 1. The van der Waals surface area contributed by atoms with Crippen molar-refractivity contribution in [1.82, 2.24) is 0 Å². The van der Waals surface area contributed by atoms with Gasteiger partial charge in [-0.2, -0.15) is 0 Å². The summed E-state index contributed by atoms with van der Waals surface area (Å²) in [5.41, 5.74) is 0. The van der Waals surface area contributed by atoms with Gasteiger partial charge in [0.15, 0.2) is 12.2 Å². The van der Waals surface area contributed by atoms with Crippen molar-refractivity contribution in [3.05, 3.63) is 0 Å². The number of hydrogen-bond acceptors (Lipinski definition) is 15. The lowest BCUT2D eigenvalue weighted by Crippen LogP contribution is -2.30. The minimum atomic E-state index is -4.96. The Bertz CT molecular complexity index is 1850. The number of ether oxygens (including phenoxy) is 4. The second kappa shape index (κ2) is 66.6. The summed E-state index contributed by atoms with van der Waals surface area (Å²) in [5, 5.41) is 10.6. The highest BCUT2D eigenvalue weighted by molar-refractivity contribution is 7.47. The second-order valence-corrected chi connectivity index (χ2v) is 31.7. The van der Waals surface area contributed by atoms with Gasteiger partial charge in [-0.05, 0) is 43.4 Å². The number of phosphoric ester groups is 2. The summed E-state index contributed by atoms with van der Waals surface area (Å²) in [6.07, 6.45) is 52.9. The van der Waals surface area contributed by atoms with Crippen LogP contribution in [0.3, 0.4) is 0 Å². The minimum absolute atomic E-state index is 0.106. The predicted octanol–water partition coefficient (Wildman–Crippen LogP) is 22.2. The van der Waals surface area contributed by atoms with E-state index in [4.69, 9.17) is 37.0 Å². The molecule has 19 heteroatoms. The maximum atomic E-state index is 13.1. The summed E-state index contributed by atoms with van der Waals surface area (Å²) in [6.45, 7) is 11.9. The fourth-order valence-corrected chi connectivity index (χ4v) is 13.2. The first-order valence-electron chi connectivity index (χ1n) is 39.3. The molecule has 0 saturated heterocycles. The van der Waals surface area contributed by atoms with E-state index in [1.54, 1.807) is 0 Å². The molecule has 0 aromatic heterocycles. The first-order valence-corrected chi connectivity index (χ1v) is 42.3. The lowest BCUT2D eigenvalue weighted by Gasteiger charge is -2.21. The smallest absolute Gasteiger partial charge is 0.462 e. The normalized spacial score (nSPS) is 14.1. The van der Waals surface area contributed by atoms with E-state index in [0.717, 1.165) is 114 Å². The van der Waals surface area contributed by atoms with Crippen LogP contribution in [-0.2, 0) is 65.4 Å². The summed E-state index contributed by atoms with van der Waals surface area (Å²) in [7, 11) is -9.91. The fourth-order valence-electron chi connectivity index (χ4n) is 11.6. The van der Waals surface area contributed by atoms with E-state index in [0.29, 0.717) is 25.7 Å². The third-order valence-corrected chi connectivity index (χ3v) is 19.5. The fraction of sp³-hybridized carbons (Fsp3) is 0.947. The average Bonchev–Trinajstić information content (AvgIpc) is 1.75. The monoisotopic (exact) mass is 1400 g/mol. The largest absolute Gasteiger partial charge is 0.472 e. The number of phosphoric acid groups is 2. The number of carbonyl (C=O) groups excluding carboxylic acids is 4. The molecule has 0 fully saturated rings. The molecule has 0 spiro atoms. The molecule has 0 rings (SSSR count). The van der Waals surface area contributed by atoms with Gasteiger partial charge in [0, 0.05) is 25.7 Å². The molecule has 0 heterocycles. The van der Waals surface area contributed by atoms with Crippen LogP contribution >= 0.6 is 15.6 Å². The molecule has 2 unspecified atom stereocenters. The zero-order valence-electron chi connectivity index (χ0n) is 62.1. The van der Waals surface area contributed by atoms with E-state index in [1.807, 2.05) is 0 Å². The van der Waals surface area contributed by atoms with Crippen LogP contribution in [0, 0.1) is 17.8 Å². The molecule has 95 heavy (non-hydrogen) atoms. The van der Waals surface area contributed by atoms with Crippen molar-refractivity contribution in [3.8, 4) is 0 Å². The van der Waals surface area contributed by atoms with Gasteiger partial charge in [-0.1, -0.05) is 337 Å². The Morgan fingerprint density at radius 2 is 0.484 bits per heavy atom. The molecular formula is C76H148O17P2. The van der Waals surface area contributed by atoms with Gasteiger partial charge in [-0.25, -0.2) is 9.13 Å². The van der Waals surface area contributed by atoms with Crippen LogP contribution in [0.2, 0.25) is 0 Å². The lowest BCUT2D eigenvalue weighted by molar-refractivity contribution is -0.161. The summed E-state index contributed by atoms with van der Waals surface area (Å²) < 4.78 is 68.4. The molecule has 0 aliphatic rings. The Hall–Kier alpha value is -1.94. The van der Waals surface area contributed by atoms with Crippen molar-refractivity contribution < 1.29 is 80.2 Å². The molecule has 5 atom stereocenters. The Morgan fingerprint density at radius 3 is 0.716 bits per heavy atom. The van der Waals surface area contributed by atoms with E-state index in [1.165, 1.54) is 193 Å². The third kappa shape index (κ3) is 70.3. The Kier molecular flexibility index (Phi) is 65.2. The van der Waals surface area contributed by atoms with Gasteiger partial charge in [0.05, 0.1) is 26.4 Å². The Labute approximate surface area is 581 Å².